The zero-order valence-corrected chi connectivity index (χ0v) is 18.8. The molecule has 3 heterocycles. The normalized spacial score (nSPS) is 10.8. The monoisotopic (exact) mass is 451 g/mol. The van der Waals surface area contributed by atoms with Crippen molar-refractivity contribution < 1.29 is 14.0 Å². The van der Waals surface area contributed by atoms with Gasteiger partial charge < -0.3 is 9.73 Å². The van der Waals surface area contributed by atoms with Gasteiger partial charge in [-0.15, -0.1) is 22.7 Å². The molecule has 0 spiro atoms. The van der Waals surface area contributed by atoms with Crippen LogP contribution in [-0.4, -0.2) is 16.8 Å². The zero-order chi connectivity index (χ0) is 21.8. The number of thiophene rings is 1. The molecule has 31 heavy (non-hydrogen) atoms. The summed E-state index contributed by atoms with van der Waals surface area (Å²) in [5.74, 6) is 0.368. The Labute approximate surface area is 188 Å². The van der Waals surface area contributed by atoms with Crippen LogP contribution >= 0.6 is 22.7 Å². The molecule has 0 unspecified atom stereocenters. The first-order valence-electron chi connectivity index (χ1n) is 9.69. The Balaban J connectivity index is 1.50. The summed E-state index contributed by atoms with van der Waals surface area (Å²) in [4.78, 5) is 32.4. The highest BCUT2D eigenvalue weighted by Gasteiger charge is 2.23. The molecule has 158 valence electrons. The number of amides is 2. The van der Waals surface area contributed by atoms with Gasteiger partial charge in [-0.2, -0.15) is 0 Å². The molecule has 0 aliphatic carbocycles. The molecule has 1 aromatic carbocycles. The van der Waals surface area contributed by atoms with Crippen LogP contribution in [0.5, 0.6) is 0 Å². The molecule has 0 aliphatic heterocycles. The predicted molar refractivity (Wildman–Crippen MR) is 124 cm³/mol. The lowest BCUT2D eigenvalue weighted by Gasteiger charge is -2.17. The van der Waals surface area contributed by atoms with Gasteiger partial charge in [0.15, 0.2) is 5.13 Å². The van der Waals surface area contributed by atoms with Crippen LogP contribution in [-0.2, 0) is 17.8 Å². The first-order valence-corrected chi connectivity index (χ1v) is 11.4. The van der Waals surface area contributed by atoms with E-state index in [1.807, 2.05) is 54.9 Å². The van der Waals surface area contributed by atoms with Crippen LogP contribution < -0.4 is 10.2 Å². The van der Waals surface area contributed by atoms with E-state index in [0.29, 0.717) is 21.5 Å². The molecule has 0 aliphatic rings. The van der Waals surface area contributed by atoms with Crippen molar-refractivity contribution in [1.82, 2.24) is 4.98 Å². The van der Waals surface area contributed by atoms with Gasteiger partial charge in [-0.1, -0.05) is 23.8 Å². The lowest BCUT2D eigenvalue weighted by Crippen LogP contribution is -2.29. The Kier molecular flexibility index (Phi) is 6.29. The zero-order valence-electron chi connectivity index (χ0n) is 17.1. The molecule has 2 amide bonds. The number of anilines is 2. The van der Waals surface area contributed by atoms with E-state index in [1.54, 1.807) is 23.3 Å². The molecule has 0 atom stereocenters. The van der Waals surface area contributed by atoms with Crippen molar-refractivity contribution in [2.24, 2.45) is 0 Å². The number of nitrogens with one attached hydrogen (secondary N) is 1. The van der Waals surface area contributed by atoms with Gasteiger partial charge in [0.05, 0.1) is 29.8 Å². The molecule has 6 nitrogen and oxygen atoms in total. The van der Waals surface area contributed by atoms with Gasteiger partial charge in [-0.05, 0) is 49.1 Å². The molecule has 0 radical (unpaired) electrons. The maximum absolute atomic E-state index is 13.1. The van der Waals surface area contributed by atoms with E-state index >= 15 is 0 Å². The number of aryl methyl sites for hydroxylation is 2. The van der Waals surface area contributed by atoms with Gasteiger partial charge in [-0.25, -0.2) is 4.98 Å². The molecule has 8 heteroatoms. The second kappa shape index (κ2) is 9.28. The standard InChI is InChI=1S/C23H21N3O3S2/c1-15-7-8-19(16(2)11-15)25-21(27)12-17-14-31-23(24-17)26(13-18-5-3-9-29-18)22(28)20-6-4-10-30-20/h3-11,14H,12-13H2,1-2H3,(H,25,27). The Bertz CT molecular complexity index is 1180. The fourth-order valence-corrected chi connectivity index (χ4v) is 4.63. The molecule has 4 rings (SSSR count). The van der Waals surface area contributed by atoms with Gasteiger partial charge in [-0.3, -0.25) is 14.5 Å². The molecule has 0 saturated carbocycles. The van der Waals surface area contributed by atoms with E-state index < -0.39 is 0 Å². The number of thiazole rings is 1. The van der Waals surface area contributed by atoms with E-state index in [1.165, 1.54) is 22.7 Å². The van der Waals surface area contributed by atoms with Crippen LogP contribution in [0.15, 0.2) is 63.9 Å². The van der Waals surface area contributed by atoms with Gasteiger partial charge >= 0.3 is 0 Å². The highest BCUT2D eigenvalue weighted by molar-refractivity contribution is 7.14. The lowest BCUT2D eigenvalue weighted by atomic mass is 10.1. The summed E-state index contributed by atoms with van der Waals surface area (Å²) >= 11 is 2.71. The van der Waals surface area contributed by atoms with Crippen LogP contribution in [0, 0.1) is 13.8 Å². The Morgan fingerprint density at radius 2 is 2.00 bits per heavy atom. The topological polar surface area (TPSA) is 75.4 Å². The average Bonchev–Trinajstić information content (AvgIpc) is 3.51. The summed E-state index contributed by atoms with van der Waals surface area (Å²) in [6.45, 7) is 4.25. The number of nitrogens with zero attached hydrogens (tertiary/aromatic N) is 2. The number of benzene rings is 1. The third-order valence-electron chi connectivity index (χ3n) is 4.64. The number of furan rings is 1. The van der Waals surface area contributed by atoms with Crippen molar-refractivity contribution in [3.63, 3.8) is 0 Å². The molecule has 0 fully saturated rings. The van der Waals surface area contributed by atoms with Crippen molar-refractivity contribution in [3.05, 3.63) is 86.9 Å². The second-order valence-electron chi connectivity index (χ2n) is 7.11. The van der Waals surface area contributed by atoms with Crippen molar-refractivity contribution >= 4 is 45.3 Å². The summed E-state index contributed by atoms with van der Waals surface area (Å²) < 4.78 is 5.43. The summed E-state index contributed by atoms with van der Waals surface area (Å²) in [5.41, 5.74) is 3.56. The third-order valence-corrected chi connectivity index (χ3v) is 6.41. The largest absolute Gasteiger partial charge is 0.467 e. The van der Waals surface area contributed by atoms with E-state index in [2.05, 4.69) is 10.3 Å². The molecule has 3 aromatic heterocycles. The van der Waals surface area contributed by atoms with Crippen LogP contribution in [0.4, 0.5) is 10.8 Å². The molecule has 4 aromatic rings. The number of carbonyl (C=O) groups is 2. The van der Waals surface area contributed by atoms with Gasteiger partial charge in [0.25, 0.3) is 5.91 Å². The third kappa shape index (κ3) is 5.10. The van der Waals surface area contributed by atoms with Crippen molar-refractivity contribution in [2.45, 2.75) is 26.8 Å². The Morgan fingerprint density at radius 1 is 1.13 bits per heavy atom. The fraction of sp³-hybridized carbons (Fsp3) is 0.174. The minimum Gasteiger partial charge on any atom is -0.467 e. The minimum absolute atomic E-state index is 0.131. The average molecular weight is 452 g/mol. The number of hydrogen-bond donors (Lipinski definition) is 1. The smallest absolute Gasteiger partial charge is 0.270 e. The maximum Gasteiger partial charge on any atom is 0.270 e. The van der Waals surface area contributed by atoms with Crippen LogP contribution in [0.25, 0.3) is 0 Å². The minimum atomic E-state index is -0.147. The molecule has 0 saturated heterocycles. The van der Waals surface area contributed by atoms with Crippen LogP contribution in [0.1, 0.15) is 32.3 Å². The first-order chi connectivity index (χ1) is 15.0. The van der Waals surface area contributed by atoms with Gasteiger partial charge in [0, 0.05) is 11.1 Å². The highest BCUT2D eigenvalue weighted by Crippen LogP contribution is 2.26. The van der Waals surface area contributed by atoms with E-state index in [4.69, 9.17) is 4.42 Å². The lowest BCUT2D eigenvalue weighted by molar-refractivity contribution is -0.115. The predicted octanol–water partition coefficient (Wildman–Crippen LogP) is 5.44. The van der Waals surface area contributed by atoms with Crippen molar-refractivity contribution in [2.75, 3.05) is 10.2 Å². The number of rotatable bonds is 7. The van der Waals surface area contributed by atoms with Crippen LogP contribution in [0.3, 0.4) is 0 Å². The molecular formula is C23H21N3O3S2. The summed E-state index contributed by atoms with van der Waals surface area (Å²) in [5, 5.41) is 7.15. The van der Waals surface area contributed by atoms with Gasteiger partial charge in [0.2, 0.25) is 5.91 Å². The second-order valence-corrected chi connectivity index (χ2v) is 8.90. The summed E-state index contributed by atoms with van der Waals surface area (Å²) in [7, 11) is 0. The Morgan fingerprint density at radius 3 is 2.71 bits per heavy atom. The maximum atomic E-state index is 13.1. The molecular weight excluding hydrogens is 430 g/mol. The highest BCUT2D eigenvalue weighted by atomic mass is 32.1. The van der Waals surface area contributed by atoms with Crippen molar-refractivity contribution in [3.8, 4) is 0 Å². The molecule has 1 N–H and O–H groups in total. The quantitative estimate of drug-likeness (QED) is 0.406. The fourth-order valence-electron chi connectivity index (χ4n) is 3.13. The van der Waals surface area contributed by atoms with Crippen LogP contribution in [0.2, 0.25) is 0 Å². The van der Waals surface area contributed by atoms with Gasteiger partial charge in [0.1, 0.15) is 5.76 Å². The van der Waals surface area contributed by atoms with E-state index in [9.17, 15) is 9.59 Å². The van der Waals surface area contributed by atoms with Crippen molar-refractivity contribution in [1.29, 1.82) is 0 Å². The number of aromatic nitrogens is 1. The van der Waals surface area contributed by atoms with E-state index in [0.717, 1.165) is 16.8 Å². The first kappa shape index (κ1) is 21.0. The number of hydrogen-bond acceptors (Lipinski definition) is 6. The molecule has 0 bridgehead atoms. The summed E-state index contributed by atoms with van der Waals surface area (Å²) in [6, 6.07) is 13.1. The SMILES string of the molecule is Cc1ccc(NC(=O)Cc2csc(N(Cc3ccco3)C(=O)c3cccs3)n2)c(C)c1. The number of carbonyl (C=O) groups excluding carboxylic acids is 2. The summed E-state index contributed by atoms with van der Waals surface area (Å²) in [6.07, 6.45) is 1.71. The Hall–Kier alpha value is -3.23. The van der Waals surface area contributed by atoms with E-state index in [-0.39, 0.29) is 24.8 Å².